The van der Waals surface area contributed by atoms with Crippen LogP contribution in [0.4, 0.5) is 0 Å². The Morgan fingerprint density at radius 3 is 2.68 bits per heavy atom. The molecule has 0 aromatic rings. The SMILES string of the molecule is CCNC(=NCCCCN1CCCC(C)C1)NC(C)C(C)C. The van der Waals surface area contributed by atoms with Crippen molar-refractivity contribution in [1.29, 1.82) is 0 Å². The number of piperidine rings is 1. The summed E-state index contributed by atoms with van der Waals surface area (Å²) in [6, 6.07) is 0.452. The monoisotopic (exact) mass is 310 g/mol. The fourth-order valence-electron chi connectivity index (χ4n) is 2.83. The maximum Gasteiger partial charge on any atom is 0.191 e. The summed E-state index contributed by atoms with van der Waals surface area (Å²) >= 11 is 0. The maximum atomic E-state index is 4.71. The van der Waals surface area contributed by atoms with Crippen LogP contribution in [0.5, 0.6) is 0 Å². The minimum absolute atomic E-state index is 0.452. The van der Waals surface area contributed by atoms with Gasteiger partial charge >= 0.3 is 0 Å². The number of hydrogen-bond donors (Lipinski definition) is 2. The van der Waals surface area contributed by atoms with E-state index < -0.39 is 0 Å². The number of hydrogen-bond acceptors (Lipinski definition) is 2. The molecule has 0 aliphatic carbocycles. The molecule has 1 rings (SSSR count). The van der Waals surface area contributed by atoms with E-state index in [4.69, 9.17) is 4.99 Å². The third-order valence-corrected chi connectivity index (χ3v) is 4.60. The second-order valence-corrected chi connectivity index (χ2v) is 7.19. The summed E-state index contributed by atoms with van der Waals surface area (Å²) in [4.78, 5) is 7.34. The molecule has 2 N–H and O–H groups in total. The van der Waals surface area contributed by atoms with E-state index in [0.29, 0.717) is 12.0 Å². The van der Waals surface area contributed by atoms with Crippen LogP contribution in [0.15, 0.2) is 4.99 Å². The minimum atomic E-state index is 0.452. The predicted octanol–water partition coefficient (Wildman–Crippen LogP) is 3.10. The number of likely N-dealkylation sites (tertiary alicyclic amines) is 1. The summed E-state index contributed by atoms with van der Waals surface area (Å²) in [6.45, 7) is 16.9. The molecule has 1 aliphatic heterocycles. The number of rotatable bonds is 8. The first-order valence-corrected chi connectivity index (χ1v) is 9.30. The van der Waals surface area contributed by atoms with Gasteiger partial charge in [0, 0.05) is 25.7 Å². The van der Waals surface area contributed by atoms with Gasteiger partial charge in [-0.25, -0.2) is 0 Å². The van der Waals surface area contributed by atoms with Crippen LogP contribution in [0.3, 0.4) is 0 Å². The molecule has 0 bridgehead atoms. The van der Waals surface area contributed by atoms with E-state index in [1.807, 2.05) is 0 Å². The lowest BCUT2D eigenvalue weighted by atomic mass is 10.0. The number of guanidine groups is 1. The van der Waals surface area contributed by atoms with Crippen LogP contribution in [0.25, 0.3) is 0 Å². The largest absolute Gasteiger partial charge is 0.357 e. The van der Waals surface area contributed by atoms with Crippen molar-refractivity contribution in [3.05, 3.63) is 0 Å². The molecule has 1 fully saturated rings. The van der Waals surface area contributed by atoms with Crippen molar-refractivity contribution in [2.24, 2.45) is 16.8 Å². The molecular weight excluding hydrogens is 272 g/mol. The average molecular weight is 311 g/mol. The Kier molecular flexibility index (Phi) is 9.53. The fraction of sp³-hybridized carbons (Fsp3) is 0.944. The highest BCUT2D eigenvalue weighted by atomic mass is 15.2. The zero-order valence-electron chi connectivity index (χ0n) is 15.5. The Balaban J connectivity index is 2.22. The van der Waals surface area contributed by atoms with Gasteiger partial charge in [-0.05, 0) is 64.5 Å². The maximum absolute atomic E-state index is 4.71. The smallest absolute Gasteiger partial charge is 0.191 e. The molecule has 1 aliphatic rings. The van der Waals surface area contributed by atoms with Gasteiger partial charge in [-0.15, -0.1) is 0 Å². The van der Waals surface area contributed by atoms with Crippen LogP contribution in [0, 0.1) is 11.8 Å². The highest BCUT2D eigenvalue weighted by Crippen LogP contribution is 2.15. The van der Waals surface area contributed by atoms with Crippen LogP contribution in [-0.2, 0) is 0 Å². The van der Waals surface area contributed by atoms with Gasteiger partial charge in [0.15, 0.2) is 5.96 Å². The molecule has 130 valence electrons. The highest BCUT2D eigenvalue weighted by molar-refractivity contribution is 5.80. The molecule has 0 spiro atoms. The van der Waals surface area contributed by atoms with Gasteiger partial charge in [0.05, 0.1) is 0 Å². The molecule has 0 radical (unpaired) electrons. The Morgan fingerprint density at radius 1 is 1.27 bits per heavy atom. The van der Waals surface area contributed by atoms with Crippen molar-refractivity contribution in [3.8, 4) is 0 Å². The van der Waals surface area contributed by atoms with Gasteiger partial charge in [-0.3, -0.25) is 4.99 Å². The van der Waals surface area contributed by atoms with E-state index in [1.165, 1.54) is 45.3 Å². The molecule has 4 heteroatoms. The third-order valence-electron chi connectivity index (χ3n) is 4.60. The Hall–Kier alpha value is -0.770. The molecule has 1 saturated heterocycles. The van der Waals surface area contributed by atoms with Crippen LogP contribution < -0.4 is 10.6 Å². The molecule has 0 amide bonds. The molecule has 2 atom stereocenters. The van der Waals surface area contributed by atoms with Crippen molar-refractivity contribution in [1.82, 2.24) is 15.5 Å². The van der Waals surface area contributed by atoms with Crippen LogP contribution in [0.1, 0.15) is 60.3 Å². The van der Waals surface area contributed by atoms with Crippen molar-refractivity contribution < 1.29 is 0 Å². The molecule has 1 heterocycles. The van der Waals surface area contributed by atoms with Gasteiger partial charge < -0.3 is 15.5 Å². The zero-order valence-corrected chi connectivity index (χ0v) is 15.5. The van der Waals surface area contributed by atoms with Crippen LogP contribution in [0.2, 0.25) is 0 Å². The molecule has 0 saturated carbocycles. The lowest BCUT2D eigenvalue weighted by molar-refractivity contribution is 0.181. The standard InChI is InChI=1S/C18H38N4/c1-6-19-18(21-17(5)15(2)3)20-11-7-8-12-22-13-9-10-16(4)14-22/h15-17H,6-14H2,1-5H3,(H2,19,20,21). The van der Waals surface area contributed by atoms with Gasteiger partial charge in [0.2, 0.25) is 0 Å². The summed E-state index contributed by atoms with van der Waals surface area (Å²) in [5.41, 5.74) is 0. The van der Waals surface area contributed by atoms with E-state index in [-0.39, 0.29) is 0 Å². The van der Waals surface area contributed by atoms with E-state index in [1.54, 1.807) is 0 Å². The molecule has 4 nitrogen and oxygen atoms in total. The Bertz CT molecular complexity index is 314. The first kappa shape index (κ1) is 19.3. The normalized spacial score (nSPS) is 21.9. The van der Waals surface area contributed by atoms with E-state index in [9.17, 15) is 0 Å². The summed E-state index contributed by atoms with van der Waals surface area (Å²) < 4.78 is 0. The number of nitrogens with one attached hydrogen (secondary N) is 2. The van der Waals surface area contributed by atoms with Gasteiger partial charge in [-0.2, -0.15) is 0 Å². The number of aliphatic imine (C=N–C) groups is 1. The Morgan fingerprint density at radius 2 is 2.05 bits per heavy atom. The van der Waals surface area contributed by atoms with Crippen molar-refractivity contribution in [2.75, 3.05) is 32.7 Å². The highest BCUT2D eigenvalue weighted by Gasteiger charge is 2.15. The molecule has 0 aromatic carbocycles. The van der Waals surface area contributed by atoms with Crippen molar-refractivity contribution >= 4 is 5.96 Å². The fourth-order valence-corrected chi connectivity index (χ4v) is 2.83. The Labute approximate surface area is 138 Å². The zero-order chi connectivity index (χ0) is 16.4. The summed E-state index contributed by atoms with van der Waals surface area (Å²) in [7, 11) is 0. The first-order valence-electron chi connectivity index (χ1n) is 9.30. The van der Waals surface area contributed by atoms with Gasteiger partial charge in [0.1, 0.15) is 0 Å². The third kappa shape index (κ3) is 8.02. The van der Waals surface area contributed by atoms with Gasteiger partial charge in [-0.1, -0.05) is 20.8 Å². The lowest BCUT2D eigenvalue weighted by Crippen LogP contribution is -2.44. The molecule has 22 heavy (non-hydrogen) atoms. The number of unbranched alkanes of at least 4 members (excludes halogenated alkanes) is 1. The molecule has 2 unspecified atom stereocenters. The minimum Gasteiger partial charge on any atom is -0.357 e. The quantitative estimate of drug-likeness (QED) is 0.411. The van der Waals surface area contributed by atoms with Gasteiger partial charge in [0.25, 0.3) is 0 Å². The summed E-state index contributed by atoms with van der Waals surface area (Å²) in [6.07, 6.45) is 5.22. The van der Waals surface area contributed by atoms with Crippen LogP contribution >= 0.6 is 0 Å². The van der Waals surface area contributed by atoms with E-state index >= 15 is 0 Å². The average Bonchev–Trinajstić information content (AvgIpc) is 2.47. The summed E-state index contributed by atoms with van der Waals surface area (Å²) in [5.74, 6) is 2.47. The summed E-state index contributed by atoms with van der Waals surface area (Å²) in [5, 5.41) is 6.83. The predicted molar refractivity (Wildman–Crippen MR) is 97.5 cm³/mol. The lowest BCUT2D eigenvalue weighted by Gasteiger charge is -2.30. The molecule has 0 aromatic heterocycles. The topological polar surface area (TPSA) is 39.7 Å². The second-order valence-electron chi connectivity index (χ2n) is 7.19. The van der Waals surface area contributed by atoms with E-state index in [2.05, 4.69) is 50.2 Å². The second kappa shape index (κ2) is 10.9. The number of nitrogens with zero attached hydrogens (tertiary/aromatic N) is 2. The van der Waals surface area contributed by atoms with Crippen molar-refractivity contribution in [3.63, 3.8) is 0 Å². The van der Waals surface area contributed by atoms with Crippen LogP contribution in [-0.4, -0.2) is 49.6 Å². The first-order chi connectivity index (χ1) is 10.5. The molecular formula is C18H38N4. The van der Waals surface area contributed by atoms with E-state index in [0.717, 1.165) is 25.0 Å². The van der Waals surface area contributed by atoms with Crippen molar-refractivity contribution in [2.45, 2.75) is 66.3 Å².